The van der Waals surface area contributed by atoms with E-state index in [1.807, 2.05) is 59.5 Å². The molecule has 3 rings (SSSR count). The Bertz CT molecular complexity index is 663. The summed E-state index contributed by atoms with van der Waals surface area (Å²) in [7, 11) is 0. The highest BCUT2D eigenvalue weighted by atomic mass is 35.5. The number of rotatable bonds is 4. The van der Waals surface area contributed by atoms with Crippen LogP contribution in [0.3, 0.4) is 0 Å². The van der Waals surface area contributed by atoms with Crippen LogP contribution in [0.2, 0.25) is 5.02 Å². The van der Waals surface area contributed by atoms with Gasteiger partial charge in [-0.2, -0.15) is 0 Å². The van der Waals surface area contributed by atoms with Gasteiger partial charge in [0.1, 0.15) is 5.75 Å². The molecule has 1 N–H and O–H groups in total. The molecule has 2 aromatic carbocycles. The van der Waals surface area contributed by atoms with Crippen LogP contribution in [-0.2, 0) is 4.79 Å². The van der Waals surface area contributed by atoms with Gasteiger partial charge in [0.15, 0.2) is 6.61 Å². The number of amides is 1. The highest BCUT2D eigenvalue weighted by molar-refractivity contribution is 6.31. The molecule has 0 aliphatic carbocycles. The second kappa shape index (κ2) is 7.49. The normalized spacial score (nSPS) is 17.8. The molecular weight excluding hydrogens is 312 g/mol. The first-order valence-corrected chi connectivity index (χ1v) is 8.06. The average Bonchev–Trinajstić information content (AvgIpc) is 2.61. The number of hydrogen-bond donors (Lipinski definition) is 1. The third-order valence-electron chi connectivity index (χ3n) is 3.93. The molecule has 0 saturated carbocycles. The summed E-state index contributed by atoms with van der Waals surface area (Å²) in [5.41, 5.74) is 0.967. The number of nitrogens with one attached hydrogen (secondary N) is 1. The molecule has 1 aliphatic heterocycles. The fraction of sp³-hybridized carbons (Fsp3) is 0.278. The first-order valence-electron chi connectivity index (χ1n) is 7.68. The summed E-state index contributed by atoms with van der Waals surface area (Å²) >= 11 is 6.30. The maximum absolute atomic E-state index is 12.6. The molecule has 0 bridgehead atoms. The Morgan fingerprint density at radius 2 is 1.91 bits per heavy atom. The maximum Gasteiger partial charge on any atom is 0.261 e. The van der Waals surface area contributed by atoms with Crippen LogP contribution in [0.1, 0.15) is 11.6 Å². The van der Waals surface area contributed by atoms with E-state index in [1.54, 1.807) is 0 Å². The van der Waals surface area contributed by atoms with Gasteiger partial charge in [0.25, 0.3) is 5.91 Å². The van der Waals surface area contributed by atoms with E-state index in [2.05, 4.69) is 5.32 Å². The van der Waals surface area contributed by atoms with Crippen molar-refractivity contribution in [3.63, 3.8) is 0 Å². The number of carbonyl (C=O) groups is 1. The van der Waals surface area contributed by atoms with Crippen molar-refractivity contribution in [2.45, 2.75) is 6.04 Å². The van der Waals surface area contributed by atoms with E-state index in [9.17, 15) is 4.79 Å². The average molecular weight is 331 g/mol. The number of para-hydroxylation sites is 1. The Hall–Kier alpha value is -2.04. The Morgan fingerprint density at radius 3 is 2.70 bits per heavy atom. The summed E-state index contributed by atoms with van der Waals surface area (Å²) in [4.78, 5) is 14.4. The molecule has 1 aliphatic rings. The van der Waals surface area contributed by atoms with Crippen molar-refractivity contribution < 1.29 is 9.53 Å². The molecule has 120 valence electrons. The van der Waals surface area contributed by atoms with Crippen LogP contribution < -0.4 is 10.1 Å². The topological polar surface area (TPSA) is 41.6 Å². The third-order valence-corrected chi connectivity index (χ3v) is 4.28. The van der Waals surface area contributed by atoms with Gasteiger partial charge in [-0.3, -0.25) is 4.79 Å². The summed E-state index contributed by atoms with van der Waals surface area (Å²) < 4.78 is 5.59. The highest BCUT2D eigenvalue weighted by Gasteiger charge is 2.29. The molecule has 1 amide bonds. The second-order valence-corrected chi connectivity index (χ2v) is 5.84. The van der Waals surface area contributed by atoms with E-state index in [1.165, 1.54) is 0 Å². The lowest BCUT2D eigenvalue weighted by Crippen LogP contribution is -2.50. The summed E-state index contributed by atoms with van der Waals surface area (Å²) in [5, 5.41) is 4.01. The minimum atomic E-state index is -0.0654. The summed E-state index contributed by atoms with van der Waals surface area (Å²) in [5.74, 6) is 0.672. The largest absolute Gasteiger partial charge is 0.484 e. The van der Waals surface area contributed by atoms with Crippen LogP contribution >= 0.6 is 11.6 Å². The number of carbonyl (C=O) groups excluding carboxylic acids is 1. The van der Waals surface area contributed by atoms with E-state index in [-0.39, 0.29) is 18.6 Å². The SMILES string of the molecule is O=C(COc1ccccc1)N1CCNCC1c1ccccc1Cl. The number of piperazine rings is 1. The summed E-state index contributed by atoms with van der Waals surface area (Å²) in [6.07, 6.45) is 0. The minimum absolute atomic E-state index is 0.0275. The van der Waals surface area contributed by atoms with E-state index >= 15 is 0 Å². The molecule has 4 nitrogen and oxygen atoms in total. The molecule has 0 radical (unpaired) electrons. The zero-order chi connectivity index (χ0) is 16.1. The van der Waals surface area contributed by atoms with Gasteiger partial charge in [0.05, 0.1) is 6.04 Å². The lowest BCUT2D eigenvalue weighted by atomic mass is 10.0. The van der Waals surface area contributed by atoms with E-state index in [4.69, 9.17) is 16.3 Å². The van der Waals surface area contributed by atoms with Crippen molar-refractivity contribution in [3.8, 4) is 5.75 Å². The lowest BCUT2D eigenvalue weighted by molar-refractivity contribution is -0.136. The maximum atomic E-state index is 12.6. The van der Waals surface area contributed by atoms with Crippen molar-refractivity contribution in [2.24, 2.45) is 0 Å². The van der Waals surface area contributed by atoms with Gasteiger partial charge < -0.3 is 15.0 Å². The van der Waals surface area contributed by atoms with Crippen molar-refractivity contribution >= 4 is 17.5 Å². The molecule has 1 saturated heterocycles. The molecule has 1 fully saturated rings. The number of hydrogen-bond acceptors (Lipinski definition) is 3. The molecule has 5 heteroatoms. The first kappa shape index (κ1) is 15.8. The zero-order valence-corrected chi connectivity index (χ0v) is 13.5. The number of nitrogens with zero attached hydrogens (tertiary/aromatic N) is 1. The number of ether oxygens (including phenoxy) is 1. The van der Waals surface area contributed by atoms with E-state index in [0.29, 0.717) is 23.9 Å². The van der Waals surface area contributed by atoms with Crippen LogP contribution in [0.25, 0.3) is 0 Å². The van der Waals surface area contributed by atoms with E-state index < -0.39 is 0 Å². The Balaban J connectivity index is 1.71. The van der Waals surface area contributed by atoms with Crippen molar-refractivity contribution in [1.29, 1.82) is 0 Å². The molecule has 1 atom stereocenters. The number of benzene rings is 2. The predicted octanol–water partition coefficient (Wildman–Crippen LogP) is 2.89. The van der Waals surface area contributed by atoms with Crippen molar-refractivity contribution in [2.75, 3.05) is 26.2 Å². The standard InChI is InChI=1S/C18H19ClN2O2/c19-16-9-5-4-8-15(16)17-12-20-10-11-21(17)18(22)13-23-14-6-2-1-3-7-14/h1-9,17,20H,10-13H2. The summed E-state index contributed by atoms with van der Waals surface area (Å²) in [6.45, 7) is 2.15. The summed E-state index contributed by atoms with van der Waals surface area (Å²) in [6, 6.07) is 17.0. The van der Waals surface area contributed by atoms with E-state index in [0.717, 1.165) is 12.1 Å². The third kappa shape index (κ3) is 3.84. The van der Waals surface area contributed by atoms with Gasteiger partial charge >= 0.3 is 0 Å². The fourth-order valence-corrected chi connectivity index (χ4v) is 3.03. The molecule has 2 aromatic rings. The van der Waals surface area contributed by atoms with Crippen LogP contribution in [0, 0.1) is 0 Å². The molecular formula is C18H19ClN2O2. The number of halogens is 1. The van der Waals surface area contributed by atoms with Gasteiger partial charge in [-0.05, 0) is 23.8 Å². The van der Waals surface area contributed by atoms with Crippen molar-refractivity contribution in [3.05, 3.63) is 65.2 Å². The lowest BCUT2D eigenvalue weighted by Gasteiger charge is -2.36. The first-order chi connectivity index (χ1) is 11.3. The van der Waals surface area contributed by atoms with Gasteiger partial charge in [-0.25, -0.2) is 0 Å². The molecule has 1 heterocycles. The van der Waals surface area contributed by atoms with Gasteiger partial charge in [0.2, 0.25) is 0 Å². The van der Waals surface area contributed by atoms with Crippen LogP contribution in [0.15, 0.2) is 54.6 Å². The fourth-order valence-electron chi connectivity index (χ4n) is 2.77. The quantitative estimate of drug-likeness (QED) is 0.937. The van der Waals surface area contributed by atoms with Gasteiger partial charge in [-0.1, -0.05) is 48.0 Å². The molecule has 0 spiro atoms. The molecule has 0 aromatic heterocycles. The Morgan fingerprint density at radius 1 is 1.17 bits per heavy atom. The van der Waals surface area contributed by atoms with Crippen LogP contribution in [0.5, 0.6) is 5.75 Å². The van der Waals surface area contributed by atoms with Gasteiger partial charge in [0, 0.05) is 24.7 Å². The Kier molecular flexibility index (Phi) is 5.16. The van der Waals surface area contributed by atoms with Gasteiger partial charge in [-0.15, -0.1) is 0 Å². The molecule has 23 heavy (non-hydrogen) atoms. The van der Waals surface area contributed by atoms with Crippen molar-refractivity contribution in [1.82, 2.24) is 10.2 Å². The molecule has 1 unspecified atom stereocenters. The monoisotopic (exact) mass is 330 g/mol. The highest BCUT2D eigenvalue weighted by Crippen LogP contribution is 2.28. The Labute approximate surface area is 141 Å². The zero-order valence-electron chi connectivity index (χ0n) is 12.7. The smallest absolute Gasteiger partial charge is 0.261 e. The predicted molar refractivity (Wildman–Crippen MR) is 90.7 cm³/mol. The van der Waals surface area contributed by atoms with Crippen LogP contribution in [0.4, 0.5) is 0 Å². The minimum Gasteiger partial charge on any atom is -0.484 e. The second-order valence-electron chi connectivity index (χ2n) is 5.43. The van der Waals surface area contributed by atoms with Crippen LogP contribution in [-0.4, -0.2) is 37.0 Å².